The SMILES string of the molecule is Cc1ccc(C(=O)c2cc(-c3ccccc3)c(C(=O)c3ccc(C)cc3)cc2-c2ccccc2)cc1.c1ccc2c(c1)Oc1cccc3c1N23. The number of carbonyl (C=O) groups excluding carboxylic acids is 2. The quantitative estimate of drug-likeness (QED) is 0.133. The van der Waals surface area contributed by atoms with Crippen LogP contribution in [-0.2, 0) is 0 Å². The predicted octanol–water partition coefficient (Wildman–Crippen LogP) is 11.7. The van der Waals surface area contributed by atoms with Crippen LogP contribution in [0.5, 0.6) is 11.5 Å². The van der Waals surface area contributed by atoms with Crippen LogP contribution in [0.1, 0.15) is 43.0 Å². The Morgan fingerprint density at radius 3 is 1.42 bits per heavy atom. The molecular formula is C46H33NO3. The molecular weight excluding hydrogens is 615 g/mol. The first-order valence-corrected chi connectivity index (χ1v) is 16.7. The van der Waals surface area contributed by atoms with E-state index in [2.05, 4.69) is 17.0 Å². The van der Waals surface area contributed by atoms with Gasteiger partial charge in [-0.05, 0) is 72.5 Å². The Bertz CT molecular complexity index is 2260. The molecule has 4 nitrogen and oxygen atoms in total. The molecule has 2 heterocycles. The molecule has 7 aromatic carbocycles. The summed E-state index contributed by atoms with van der Waals surface area (Å²) in [6.45, 7) is 4.01. The summed E-state index contributed by atoms with van der Waals surface area (Å²) in [5.41, 5.74) is 11.5. The molecule has 0 saturated heterocycles. The minimum absolute atomic E-state index is 0.0691. The Labute approximate surface area is 291 Å². The molecule has 0 fully saturated rings. The minimum atomic E-state index is -0.0691. The van der Waals surface area contributed by atoms with Gasteiger partial charge < -0.3 is 4.74 Å². The minimum Gasteiger partial charge on any atom is -0.453 e. The van der Waals surface area contributed by atoms with Crippen molar-refractivity contribution in [3.05, 3.63) is 197 Å². The lowest BCUT2D eigenvalue weighted by Crippen LogP contribution is -2.09. The highest BCUT2D eigenvalue weighted by atomic mass is 16.5. The maximum Gasteiger partial charge on any atom is 0.193 e. The predicted molar refractivity (Wildman–Crippen MR) is 201 cm³/mol. The largest absolute Gasteiger partial charge is 0.453 e. The average molecular weight is 648 g/mol. The summed E-state index contributed by atoms with van der Waals surface area (Å²) < 4.78 is 5.77. The Balaban J connectivity index is 0.000000211. The summed E-state index contributed by atoms with van der Waals surface area (Å²) >= 11 is 0. The van der Waals surface area contributed by atoms with Gasteiger partial charge in [-0.3, -0.25) is 14.5 Å². The Morgan fingerprint density at radius 1 is 0.460 bits per heavy atom. The molecule has 0 bridgehead atoms. The number of hydrogen-bond acceptors (Lipinski definition) is 4. The van der Waals surface area contributed by atoms with Gasteiger partial charge in [-0.15, -0.1) is 0 Å². The zero-order chi connectivity index (χ0) is 34.2. The summed E-state index contributed by atoms with van der Waals surface area (Å²) in [5.74, 6) is 1.78. The van der Waals surface area contributed by atoms with Crippen LogP contribution in [0.4, 0.5) is 17.1 Å². The fourth-order valence-electron chi connectivity index (χ4n) is 6.46. The van der Waals surface area contributed by atoms with Gasteiger partial charge in [0.15, 0.2) is 23.1 Å². The summed E-state index contributed by atoms with van der Waals surface area (Å²) in [7, 11) is 0. The zero-order valence-corrected chi connectivity index (χ0v) is 27.8. The van der Waals surface area contributed by atoms with E-state index in [4.69, 9.17) is 4.74 Å². The van der Waals surface area contributed by atoms with Crippen molar-refractivity contribution >= 4 is 28.6 Å². The molecule has 0 N–H and O–H groups in total. The number of anilines is 3. The van der Waals surface area contributed by atoms with Gasteiger partial charge in [0.1, 0.15) is 5.69 Å². The Hall–Kier alpha value is -6.52. The molecule has 50 heavy (non-hydrogen) atoms. The van der Waals surface area contributed by atoms with Crippen LogP contribution in [0.25, 0.3) is 22.3 Å². The van der Waals surface area contributed by atoms with Crippen molar-refractivity contribution in [1.29, 1.82) is 0 Å². The molecule has 2 aliphatic heterocycles. The lowest BCUT2D eigenvalue weighted by atomic mass is 9.85. The normalized spacial score (nSPS) is 11.7. The second-order valence-corrected chi connectivity index (χ2v) is 12.6. The Kier molecular flexibility index (Phi) is 7.90. The van der Waals surface area contributed by atoms with Crippen molar-refractivity contribution in [2.24, 2.45) is 0 Å². The third kappa shape index (κ3) is 5.78. The van der Waals surface area contributed by atoms with E-state index in [1.54, 1.807) is 0 Å². The van der Waals surface area contributed by atoms with E-state index >= 15 is 0 Å². The summed E-state index contributed by atoms with van der Waals surface area (Å²) in [4.78, 5) is 29.9. The van der Waals surface area contributed by atoms with E-state index in [0.29, 0.717) is 22.3 Å². The number of ether oxygens (including phenoxy) is 1. The number of aryl methyl sites for hydroxylation is 2. The number of nitrogens with zero attached hydrogens (tertiary/aromatic N) is 1. The van der Waals surface area contributed by atoms with Crippen LogP contribution < -0.4 is 9.64 Å². The molecule has 240 valence electrons. The number of rotatable bonds is 6. The van der Waals surface area contributed by atoms with Crippen molar-refractivity contribution in [3.63, 3.8) is 0 Å². The highest BCUT2D eigenvalue weighted by Gasteiger charge is 2.39. The first-order valence-electron chi connectivity index (χ1n) is 16.7. The lowest BCUT2D eigenvalue weighted by Gasteiger charge is -2.17. The van der Waals surface area contributed by atoms with Crippen LogP contribution in [0.15, 0.2) is 164 Å². The molecule has 4 heteroatoms. The first-order chi connectivity index (χ1) is 24.5. The van der Waals surface area contributed by atoms with Crippen LogP contribution in [0.2, 0.25) is 0 Å². The van der Waals surface area contributed by atoms with E-state index in [1.165, 1.54) is 11.4 Å². The molecule has 0 aliphatic carbocycles. The van der Waals surface area contributed by atoms with Crippen LogP contribution in [0, 0.1) is 13.8 Å². The maximum atomic E-state index is 13.8. The molecule has 0 unspecified atom stereocenters. The number of hydrogen-bond donors (Lipinski definition) is 0. The molecule has 0 amide bonds. The number of carbonyl (C=O) groups is 2. The van der Waals surface area contributed by atoms with Crippen LogP contribution >= 0.6 is 0 Å². The molecule has 0 radical (unpaired) electrons. The van der Waals surface area contributed by atoms with E-state index in [0.717, 1.165) is 50.6 Å². The maximum absolute atomic E-state index is 13.8. The number of ketones is 2. The monoisotopic (exact) mass is 647 g/mol. The van der Waals surface area contributed by atoms with Gasteiger partial charge in [0.25, 0.3) is 0 Å². The molecule has 0 aromatic heterocycles. The van der Waals surface area contributed by atoms with Crippen molar-refractivity contribution in [2.75, 3.05) is 4.90 Å². The van der Waals surface area contributed by atoms with E-state index in [9.17, 15) is 9.59 Å². The van der Waals surface area contributed by atoms with E-state index in [-0.39, 0.29) is 11.6 Å². The number of fused-ring (bicyclic) bond motifs is 3. The van der Waals surface area contributed by atoms with Gasteiger partial charge in [0.2, 0.25) is 0 Å². The first kappa shape index (κ1) is 30.8. The van der Waals surface area contributed by atoms with Crippen molar-refractivity contribution in [1.82, 2.24) is 0 Å². The van der Waals surface area contributed by atoms with Crippen molar-refractivity contribution in [2.45, 2.75) is 13.8 Å². The highest BCUT2D eigenvalue weighted by molar-refractivity contribution is 6.18. The number of para-hydroxylation sites is 3. The molecule has 0 atom stereocenters. The molecule has 0 saturated carbocycles. The fraction of sp³-hybridized carbons (Fsp3) is 0.0435. The highest BCUT2D eigenvalue weighted by Crippen LogP contribution is 2.64. The van der Waals surface area contributed by atoms with Gasteiger partial charge in [0.05, 0.1) is 11.4 Å². The van der Waals surface area contributed by atoms with Crippen molar-refractivity contribution in [3.8, 4) is 33.8 Å². The lowest BCUT2D eigenvalue weighted by molar-refractivity contribution is 0.102. The molecule has 2 aliphatic rings. The topological polar surface area (TPSA) is 46.4 Å². The average Bonchev–Trinajstić information content (AvgIpc) is 3.91. The van der Waals surface area contributed by atoms with Gasteiger partial charge >= 0.3 is 0 Å². The van der Waals surface area contributed by atoms with Gasteiger partial charge in [0, 0.05) is 22.3 Å². The summed E-state index contributed by atoms with van der Waals surface area (Å²) in [6.07, 6.45) is 0. The fourth-order valence-corrected chi connectivity index (χ4v) is 6.46. The second-order valence-electron chi connectivity index (χ2n) is 12.6. The van der Waals surface area contributed by atoms with Crippen molar-refractivity contribution < 1.29 is 14.3 Å². The van der Waals surface area contributed by atoms with Crippen LogP contribution in [0.3, 0.4) is 0 Å². The molecule has 9 rings (SSSR count). The third-order valence-corrected chi connectivity index (χ3v) is 9.16. The third-order valence-electron chi connectivity index (χ3n) is 9.16. The van der Waals surface area contributed by atoms with Gasteiger partial charge in [-0.2, -0.15) is 0 Å². The van der Waals surface area contributed by atoms with Gasteiger partial charge in [-0.1, -0.05) is 139 Å². The molecule has 7 aromatic rings. The van der Waals surface area contributed by atoms with Gasteiger partial charge in [-0.25, -0.2) is 0 Å². The smallest absolute Gasteiger partial charge is 0.193 e. The van der Waals surface area contributed by atoms with Crippen LogP contribution in [-0.4, -0.2) is 11.6 Å². The number of benzene rings is 7. The standard InChI is InChI=1S/C34H26O2.C12H7NO/c1-23-13-17-27(18-14-23)33(35)31-21-30(26-11-7-4-8-12-26)32(22-29(31)25-9-5-3-6-10-25)34(36)28-19-15-24(2)16-20-28;1-2-6-10-8(4-1)13-9-5-3-7-11(14-10)12(9)13/h3-22H,1-2H3;1-7H. The van der Waals surface area contributed by atoms with E-state index < -0.39 is 0 Å². The Morgan fingerprint density at radius 2 is 0.900 bits per heavy atom. The summed E-state index contributed by atoms with van der Waals surface area (Å²) in [6, 6.07) is 52.9. The van der Waals surface area contributed by atoms with E-state index in [1.807, 2.05) is 166 Å². The summed E-state index contributed by atoms with van der Waals surface area (Å²) in [5, 5.41) is 0. The second kappa shape index (κ2) is 12.8. The molecule has 0 spiro atoms. The zero-order valence-electron chi connectivity index (χ0n) is 27.8.